The van der Waals surface area contributed by atoms with Gasteiger partial charge in [-0.25, -0.2) is 18.7 Å². The molecule has 1 aromatic carbocycles. The van der Waals surface area contributed by atoms with Gasteiger partial charge in [-0.2, -0.15) is 0 Å². The number of urea groups is 1. The van der Waals surface area contributed by atoms with Crippen molar-refractivity contribution in [2.24, 2.45) is 7.05 Å². The second kappa shape index (κ2) is 8.26. The van der Waals surface area contributed by atoms with E-state index in [-0.39, 0.29) is 37.2 Å². The Hall–Kier alpha value is -3.49. The Morgan fingerprint density at radius 1 is 1.19 bits per heavy atom. The summed E-state index contributed by atoms with van der Waals surface area (Å²) in [6.45, 7) is 0.746. The predicted octanol–water partition coefficient (Wildman–Crippen LogP) is 1.28. The van der Waals surface area contributed by atoms with Gasteiger partial charge in [-0.15, -0.1) is 5.10 Å². The Morgan fingerprint density at radius 2 is 1.96 bits per heavy atom. The molecule has 2 aromatic heterocycles. The lowest BCUT2D eigenvalue weighted by Gasteiger charge is -2.07. The van der Waals surface area contributed by atoms with Crippen LogP contribution >= 0.6 is 0 Å². The van der Waals surface area contributed by atoms with Gasteiger partial charge in [-0.3, -0.25) is 9.55 Å². The highest BCUT2D eigenvalue weighted by atomic mass is 19.1. The van der Waals surface area contributed by atoms with Crippen LogP contribution in [0.2, 0.25) is 0 Å². The molecule has 0 spiro atoms. The van der Waals surface area contributed by atoms with Crippen molar-refractivity contribution >= 4 is 6.03 Å². The number of nitrogens with zero attached hydrogens (tertiary/aromatic N) is 4. The number of nitrogens with one attached hydrogen (secondary N) is 2. The van der Waals surface area contributed by atoms with E-state index in [1.165, 1.54) is 21.4 Å². The number of aromatic nitrogens is 4. The third kappa shape index (κ3) is 4.57. The number of hydrogen-bond donors (Lipinski definition) is 2. The van der Waals surface area contributed by atoms with E-state index in [2.05, 4.69) is 20.7 Å². The minimum Gasteiger partial charge on any atom is -0.336 e. The van der Waals surface area contributed by atoms with Gasteiger partial charge in [0.15, 0.2) is 5.82 Å². The summed E-state index contributed by atoms with van der Waals surface area (Å²) in [6, 6.07) is 9.08. The van der Waals surface area contributed by atoms with Gasteiger partial charge in [0.2, 0.25) is 0 Å². The number of rotatable bonds is 6. The number of carbonyl (C=O) groups is 1. The largest absolute Gasteiger partial charge is 0.345 e. The maximum atomic E-state index is 12.8. The molecule has 2 N–H and O–H groups in total. The molecule has 0 unspecified atom stereocenters. The normalized spacial score (nSPS) is 10.6. The van der Waals surface area contributed by atoms with Gasteiger partial charge in [-0.1, -0.05) is 12.1 Å². The van der Waals surface area contributed by atoms with E-state index in [0.717, 1.165) is 11.1 Å². The summed E-state index contributed by atoms with van der Waals surface area (Å²) in [6.07, 6.45) is 3.28. The third-order valence-electron chi connectivity index (χ3n) is 3.94. The second-order valence-electron chi connectivity index (χ2n) is 5.87. The summed E-state index contributed by atoms with van der Waals surface area (Å²) >= 11 is 0. The number of halogens is 1. The highest BCUT2D eigenvalue weighted by molar-refractivity contribution is 5.73. The zero-order chi connectivity index (χ0) is 19.2. The molecule has 3 rings (SSSR count). The van der Waals surface area contributed by atoms with E-state index in [1.807, 2.05) is 6.07 Å². The Balaban J connectivity index is 1.52. The average molecular weight is 370 g/mol. The minimum absolute atomic E-state index is 0.233. The Kier molecular flexibility index (Phi) is 5.60. The molecule has 2 heterocycles. The molecule has 8 nitrogen and oxygen atoms in total. The van der Waals surface area contributed by atoms with E-state index in [0.29, 0.717) is 5.82 Å². The predicted molar refractivity (Wildman–Crippen MR) is 97.3 cm³/mol. The van der Waals surface area contributed by atoms with Crippen molar-refractivity contribution in [2.45, 2.75) is 13.1 Å². The standard InChI is InChI=1S/C18H19FN6O2/c1-24-16(14-3-2-8-20-12-14)23-25(18(24)27)10-9-21-17(26)22-11-13-4-6-15(19)7-5-13/h2-8,12H,9-11H2,1H3,(H2,21,22,26). The fourth-order valence-electron chi connectivity index (χ4n) is 2.50. The fourth-order valence-corrected chi connectivity index (χ4v) is 2.50. The molecule has 0 aliphatic heterocycles. The highest BCUT2D eigenvalue weighted by Gasteiger charge is 2.12. The van der Waals surface area contributed by atoms with Crippen LogP contribution in [0.15, 0.2) is 53.6 Å². The van der Waals surface area contributed by atoms with Crippen LogP contribution in [-0.2, 0) is 20.1 Å². The summed E-state index contributed by atoms with van der Waals surface area (Å²) in [7, 11) is 1.64. The first-order valence-corrected chi connectivity index (χ1v) is 8.35. The van der Waals surface area contributed by atoms with Gasteiger partial charge in [0.05, 0.1) is 6.54 Å². The van der Waals surface area contributed by atoms with Crippen molar-refractivity contribution < 1.29 is 9.18 Å². The maximum Gasteiger partial charge on any atom is 0.345 e. The number of benzene rings is 1. The van der Waals surface area contributed by atoms with E-state index in [1.54, 1.807) is 37.6 Å². The molecular formula is C18H19FN6O2. The molecule has 0 fully saturated rings. The zero-order valence-electron chi connectivity index (χ0n) is 14.7. The maximum absolute atomic E-state index is 12.8. The van der Waals surface area contributed by atoms with Crippen molar-refractivity contribution in [2.75, 3.05) is 6.54 Å². The van der Waals surface area contributed by atoms with Gasteiger partial charge >= 0.3 is 11.7 Å². The molecule has 0 atom stereocenters. The molecule has 2 amide bonds. The first-order valence-electron chi connectivity index (χ1n) is 8.35. The quantitative estimate of drug-likeness (QED) is 0.684. The number of carbonyl (C=O) groups excluding carboxylic acids is 1. The Morgan fingerprint density at radius 3 is 2.67 bits per heavy atom. The monoisotopic (exact) mass is 370 g/mol. The number of amides is 2. The Labute approximate surface area is 154 Å². The SMILES string of the molecule is Cn1c(-c2cccnc2)nn(CCNC(=O)NCc2ccc(F)cc2)c1=O. The average Bonchev–Trinajstić information content (AvgIpc) is 2.97. The van der Waals surface area contributed by atoms with Gasteiger partial charge in [-0.05, 0) is 29.8 Å². The van der Waals surface area contributed by atoms with Crippen molar-refractivity contribution in [1.29, 1.82) is 0 Å². The van der Waals surface area contributed by atoms with Gasteiger partial charge in [0, 0.05) is 38.1 Å². The van der Waals surface area contributed by atoms with E-state index in [4.69, 9.17) is 0 Å². The summed E-state index contributed by atoms with van der Waals surface area (Å²) in [5.74, 6) is 0.184. The lowest BCUT2D eigenvalue weighted by molar-refractivity contribution is 0.240. The zero-order valence-corrected chi connectivity index (χ0v) is 14.7. The second-order valence-corrected chi connectivity index (χ2v) is 5.87. The van der Waals surface area contributed by atoms with Crippen LogP contribution in [0.3, 0.4) is 0 Å². The van der Waals surface area contributed by atoms with Crippen molar-refractivity contribution in [3.05, 3.63) is 70.7 Å². The highest BCUT2D eigenvalue weighted by Crippen LogP contribution is 2.12. The summed E-state index contributed by atoms with van der Waals surface area (Å²) in [5, 5.41) is 9.63. The molecule has 27 heavy (non-hydrogen) atoms. The van der Waals surface area contributed by atoms with E-state index in [9.17, 15) is 14.0 Å². The van der Waals surface area contributed by atoms with Gasteiger partial charge < -0.3 is 10.6 Å². The number of hydrogen-bond acceptors (Lipinski definition) is 4. The smallest absolute Gasteiger partial charge is 0.336 e. The van der Waals surface area contributed by atoms with Gasteiger partial charge in [0.25, 0.3) is 0 Å². The molecule has 9 heteroatoms. The van der Waals surface area contributed by atoms with Crippen molar-refractivity contribution in [1.82, 2.24) is 30.0 Å². The third-order valence-corrected chi connectivity index (χ3v) is 3.94. The van der Waals surface area contributed by atoms with Gasteiger partial charge in [0.1, 0.15) is 5.82 Å². The van der Waals surface area contributed by atoms with Crippen molar-refractivity contribution in [3.8, 4) is 11.4 Å². The van der Waals surface area contributed by atoms with Crippen LogP contribution in [0.1, 0.15) is 5.56 Å². The van der Waals surface area contributed by atoms with E-state index < -0.39 is 0 Å². The van der Waals surface area contributed by atoms with Crippen LogP contribution < -0.4 is 16.3 Å². The number of pyridine rings is 1. The summed E-state index contributed by atoms with van der Waals surface area (Å²) < 4.78 is 15.6. The van der Waals surface area contributed by atoms with Crippen LogP contribution in [-0.4, -0.2) is 31.9 Å². The van der Waals surface area contributed by atoms with Crippen LogP contribution in [0.4, 0.5) is 9.18 Å². The molecule has 140 valence electrons. The topological polar surface area (TPSA) is 93.8 Å². The molecule has 0 aliphatic carbocycles. The Bertz CT molecular complexity index is 966. The van der Waals surface area contributed by atoms with Crippen LogP contribution in [0.5, 0.6) is 0 Å². The molecule has 0 radical (unpaired) electrons. The first-order chi connectivity index (χ1) is 13.0. The first kappa shape index (κ1) is 18.3. The van der Waals surface area contributed by atoms with Crippen LogP contribution in [0.25, 0.3) is 11.4 Å². The van der Waals surface area contributed by atoms with E-state index >= 15 is 0 Å². The van der Waals surface area contributed by atoms with Crippen molar-refractivity contribution in [3.63, 3.8) is 0 Å². The summed E-state index contributed by atoms with van der Waals surface area (Å²) in [5.41, 5.74) is 1.25. The molecule has 0 aliphatic rings. The molecular weight excluding hydrogens is 351 g/mol. The molecule has 3 aromatic rings. The van der Waals surface area contributed by atoms with Crippen LogP contribution in [0, 0.1) is 5.82 Å². The fraction of sp³-hybridized carbons (Fsp3) is 0.222. The molecule has 0 bridgehead atoms. The lowest BCUT2D eigenvalue weighted by atomic mass is 10.2. The molecule has 0 saturated carbocycles. The molecule has 0 saturated heterocycles. The minimum atomic E-state index is -0.379. The lowest BCUT2D eigenvalue weighted by Crippen LogP contribution is -2.38. The summed E-state index contributed by atoms with van der Waals surface area (Å²) in [4.78, 5) is 28.1.